The lowest BCUT2D eigenvalue weighted by Crippen LogP contribution is -2.25. The van der Waals surface area contributed by atoms with Gasteiger partial charge in [0.15, 0.2) is 0 Å². The Labute approximate surface area is 176 Å². The minimum absolute atomic E-state index is 0.142. The fourth-order valence-electron chi connectivity index (χ4n) is 3.88. The molecule has 1 aliphatic carbocycles. The highest BCUT2D eigenvalue weighted by atomic mass is 127. The van der Waals surface area contributed by atoms with E-state index in [9.17, 15) is 4.79 Å². The summed E-state index contributed by atoms with van der Waals surface area (Å²) in [7, 11) is 0. The first kappa shape index (κ1) is 20.2. The van der Waals surface area contributed by atoms with Crippen molar-refractivity contribution < 1.29 is 4.79 Å². The summed E-state index contributed by atoms with van der Waals surface area (Å²) in [6.07, 6.45) is 5.42. The van der Waals surface area contributed by atoms with E-state index in [0.717, 1.165) is 41.9 Å². The number of benzene rings is 2. The summed E-state index contributed by atoms with van der Waals surface area (Å²) in [5.41, 5.74) is 6.83. The molecule has 0 heterocycles. The third-order valence-corrected chi connectivity index (χ3v) is 6.84. The number of carbonyl (C=O) groups excluding carboxylic acids is 1. The van der Waals surface area contributed by atoms with Crippen LogP contribution in [0.3, 0.4) is 0 Å². The highest BCUT2D eigenvalue weighted by Gasteiger charge is 2.33. The Morgan fingerprint density at radius 2 is 1.63 bits per heavy atom. The fraction of sp³-hybridized carbons (Fsp3) is 0.435. The predicted molar refractivity (Wildman–Crippen MR) is 123 cm³/mol. The summed E-state index contributed by atoms with van der Waals surface area (Å²) < 4.78 is 0.154. The number of carbonyl (C=O) groups is 1. The van der Waals surface area contributed by atoms with Crippen molar-refractivity contribution in [2.75, 3.05) is 10.6 Å². The number of amides is 1. The molecule has 27 heavy (non-hydrogen) atoms. The number of hydrogen-bond acceptors (Lipinski definition) is 2. The van der Waals surface area contributed by atoms with Gasteiger partial charge in [-0.15, -0.1) is 0 Å². The average Bonchev–Trinajstić information content (AvgIpc) is 3.03. The quantitative estimate of drug-likeness (QED) is 0.380. The molecule has 2 aromatic rings. The summed E-state index contributed by atoms with van der Waals surface area (Å²) in [5, 5.41) is 6.64. The van der Waals surface area contributed by atoms with Crippen LogP contribution in [0.1, 0.15) is 54.4 Å². The minimum Gasteiger partial charge on any atom is -0.381 e. The summed E-state index contributed by atoms with van der Waals surface area (Å²) in [6.45, 7) is 7.02. The van der Waals surface area contributed by atoms with E-state index < -0.39 is 0 Å². The normalized spacial score (nSPS) is 15.6. The zero-order valence-corrected chi connectivity index (χ0v) is 18.7. The third kappa shape index (κ3) is 5.47. The highest BCUT2D eigenvalue weighted by Crippen LogP contribution is 2.41. The maximum Gasteiger partial charge on any atom is 0.225 e. The zero-order chi connectivity index (χ0) is 19.4. The molecule has 1 amide bonds. The number of aryl methyl sites for hydroxylation is 3. The van der Waals surface area contributed by atoms with E-state index in [2.05, 4.69) is 90.4 Å². The first-order valence-corrected chi connectivity index (χ1v) is 10.8. The molecule has 0 aromatic heterocycles. The first-order chi connectivity index (χ1) is 12.8. The molecule has 2 aromatic carbocycles. The van der Waals surface area contributed by atoms with Gasteiger partial charge in [0.2, 0.25) is 5.91 Å². The van der Waals surface area contributed by atoms with Crippen LogP contribution >= 0.6 is 22.6 Å². The second kappa shape index (κ2) is 8.63. The van der Waals surface area contributed by atoms with Crippen molar-refractivity contribution in [3.63, 3.8) is 0 Å². The molecule has 0 unspecified atom stereocenters. The molecule has 1 fully saturated rings. The Kier molecular flexibility index (Phi) is 6.45. The topological polar surface area (TPSA) is 41.1 Å². The Hall–Kier alpha value is -1.56. The van der Waals surface area contributed by atoms with Crippen LogP contribution in [0.25, 0.3) is 0 Å². The maximum atomic E-state index is 12.6. The van der Waals surface area contributed by atoms with Gasteiger partial charge < -0.3 is 10.6 Å². The van der Waals surface area contributed by atoms with E-state index in [1.165, 1.54) is 24.0 Å². The number of rotatable bonds is 6. The smallest absolute Gasteiger partial charge is 0.225 e. The van der Waals surface area contributed by atoms with E-state index in [4.69, 9.17) is 0 Å². The lowest BCUT2D eigenvalue weighted by molar-refractivity contribution is -0.116. The SMILES string of the molecule is Cc1ccc(NCc2cc(C)c(NC(=O)CC3(I)CCCC3)c(C)c2)cc1. The highest BCUT2D eigenvalue weighted by molar-refractivity contribution is 14.1. The molecular weight excluding hydrogens is 447 g/mol. The summed E-state index contributed by atoms with van der Waals surface area (Å²) in [4.78, 5) is 12.6. The minimum atomic E-state index is 0.142. The average molecular weight is 476 g/mol. The van der Waals surface area contributed by atoms with Crippen molar-refractivity contribution in [1.82, 2.24) is 0 Å². The predicted octanol–water partition coefficient (Wildman–Crippen LogP) is 6.30. The van der Waals surface area contributed by atoms with Gasteiger partial charge in [0.05, 0.1) is 0 Å². The number of alkyl halides is 1. The van der Waals surface area contributed by atoms with Gasteiger partial charge in [-0.2, -0.15) is 0 Å². The van der Waals surface area contributed by atoms with Gasteiger partial charge in [-0.05, 0) is 62.4 Å². The summed E-state index contributed by atoms with van der Waals surface area (Å²) in [6, 6.07) is 12.8. The van der Waals surface area contributed by atoms with Crippen molar-refractivity contribution in [1.29, 1.82) is 0 Å². The molecule has 0 aliphatic heterocycles. The van der Waals surface area contributed by atoms with Crippen LogP contribution in [0.2, 0.25) is 0 Å². The third-order valence-electron chi connectivity index (χ3n) is 5.38. The van der Waals surface area contributed by atoms with Crippen LogP contribution in [0.15, 0.2) is 36.4 Å². The van der Waals surface area contributed by atoms with Crippen LogP contribution in [0.5, 0.6) is 0 Å². The van der Waals surface area contributed by atoms with Crippen LogP contribution < -0.4 is 10.6 Å². The molecular formula is C23H29IN2O. The Balaban J connectivity index is 1.63. The molecule has 1 aliphatic rings. The zero-order valence-electron chi connectivity index (χ0n) is 16.5. The second-order valence-corrected chi connectivity index (χ2v) is 10.2. The number of nitrogens with one attached hydrogen (secondary N) is 2. The monoisotopic (exact) mass is 476 g/mol. The summed E-state index contributed by atoms with van der Waals surface area (Å²) >= 11 is 2.50. The van der Waals surface area contributed by atoms with E-state index in [-0.39, 0.29) is 9.33 Å². The van der Waals surface area contributed by atoms with Gasteiger partial charge in [-0.3, -0.25) is 4.79 Å². The molecule has 0 atom stereocenters. The largest absolute Gasteiger partial charge is 0.381 e. The Morgan fingerprint density at radius 1 is 1.04 bits per heavy atom. The molecule has 144 valence electrons. The van der Waals surface area contributed by atoms with E-state index in [1.54, 1.807) is 0 Å². The lowest BCUT2D eigenvalue weighted by atomic mass is 10.0. The Bertz CT molecular complexity index is 785. The van der Waals surface area contributed by atoms with Gasteiger partial charge in [0.1, 0.15) is 0 Å². The van der Waals surface area contributed by atoms with Gasteiger partial charge >= 0.3 is 0 Å². The number of anilines is 2. The van der Waals surface area contributed by atoms with Crippen molar-refractivity contribution in [3.05, 3.63) is 58.7 Å². The maximum absolute atomic E-state index is 12.6. The molecule has 0 spiro atoms. The molecule has 3 nitrogen and oxygen atoms in total. The van der Waals surface area contributed by atoms with Crippen LogP contribution in [-0.4, -0.2) is 9.33 Å². The van der Waals surface area contributed by atoms with E-state index >= 15 is 0 Å². The molecule has 1 saturated carbocycles. The lowest BCUT2D eigenvalue weighted by Gasteiger charge is -2.21. The van der Waals surface area contributed by atoms with Gasteiger partial charge in [0.25, 0.3) is 0 Å². The summed E-state index contributed by atoms with van der Waals surface area (Å²) in [5.74, 6) is 0.142. The van der Waals surface area contributed by atoms with Crippen LogP contribution in [0.4, 0.5) is 11.4 Å². The Morgan fingerprint density at radius 3 is 2.22 bits per heavy atom. The molecule has 0 bridgehead atoms. The van der Waals surface area contributed by atoms with Gasteiger partial charge in [-0.25, -0.2) is 0 Å². The molecule has 3 rings (SSSR count). The van der Waals surface area contributed by atoms with Crippen molar-refractivity contribution in [2.24, 2.45) is 0 Å². The van der Waals surface area contributed by atoms with Crippen molar-refractivity contribution in [2.45, 2.75) is 62.8 Å². The van der Waals surface area contributed by atoms with E-state index in [1.807, 2.05) is 0 Å². The van der Waals surface area contributed by atoms with Gasteiger partial charge in [-0.1, -0.05) is 65.3 Å². The standard InChI is InChI=1S/C23H29IN2O/c1-16-6-8-20(9-7-16)25-15-19-12-17(2)22(18(3)13-19)26-21(27)14-23(24)10-4-5-11-23/h6-9,12-13,25H,4-5,10-11,14-15H2,1-3H3,(H,26,27). The molecule has 2 N–H and O–H groups in total. The van der Waals surface area contributed by atoms with Gasteiger partial charge in [0, 0.05) is 27.8 Å². The van der Waals surface area contributed by atoms with Crippen molar-refractivity contribution in [3.8, 4) is 0 Å². The molecule has 0 radical (unpaired) electrons. The number of hydrogen-bond donors (Lipinski definition) is 2. The second-order valence-electron chi connectivity index (χ2n) is 7.91. The first-order valence-electron chi connectivity index (χ1n) is 9.74. The fourth-order valence-corrected chi connectivity index (χ4v) is 4.99. The van der Waals surface area contributed by atoms with Crippen LogP contribution in [0, 0.1) is 20.8 Å². The molecule has 4 heteroatoms. The number of halogens is 1. The van der Waals surface area contributed by atoms with Crippen molar-refractivity contribution >= 4 is 39.9 Å². The van der Waals surface area contributed by atoms with Crippen LogP contribution in [-0.2, 0) is 11.3 Å². The van der Waals surface area contributed by atoms with E-state index in [0.29, 0.717) is 6.42 Å². The molecule has 0 saturated heterocycles.